The van der Waals surface area contributed by atoms with Gasteiger partial charge in [-0.3, -0.25) is 4.79 Å². The second-order valence-electron chi connectivity index (χ2n) is 1.50. The van der Waals surface area contributed by atoms with Crippen LogP contribution in [0.3, 0.4) is 0 Å². The molecular formula is C5H10N2O. The molecule has 0 aromatic heterocycles. The van der Waals surface area contributed by atoms with Crippen molar-refractivity contribution in [1.82, 2.24) is 5.32 Å². The molecule has 0 unspecified atom stereocenters. The standard InChI is InChI=1S/C5H10N2O/c1-4(6)3-5(8)7-2/h3H,6H2,1-2H3,(H,7,8)/b4-3-. The summed E-state index contributed by atoms with van der Waals surface area (Å²) in [5, 5.41) is 2.40. The number of nitrogens with one attached hydrogen (secondary N) is 1. The van der Waals surface area contributed by atoms with Gasteiger partial charge in [-0.25, -0.2) is 0 Å². The quantitative estimate of drug-likeness (QED) is 0.455. The lowest BCUT2D eigenvalue weighted by Crippen LogP contribution is -2.15. The lowest BCUT2D eigenvalue weighted by Gasteiger charge is -1.89. The minimum Gasteiger partial charge on any atom is -0.402 e. The summed E-state index contributed by atoms with van der Waals surface area (Å²) >= 11 is 0. The van der Waals surface area contributed by atoms with E-state index in [9.17, 15) is 4.79 Å². The number of likely N-dealkylation sites (N-methyl/N-ethyl adjacent to an activating group) is 1. The first kappa shape index (κ1) is 7.01. The maximum absolute atomic E-state index is 10.4. The van der Waals surface area contributed by atoms with Gasteiger partial charge in [0, 0.05) is 18.8 Å². The highest BCUT2D eigenvalue weighted by Gasteiger charge is 1.87. The van der Waals surface area contributed by atoms with Crippen molar-refractivity contribution in [1.29, 1.82) is 0 Å². The molecule has 0 aliphatic rings. The van der Waals surface area contributed by atoms with Crippen molar-refractivity contribution in [2.75, 3.05) is 7.05 Å². The Bertz CT molecular complexity index is 114. The zero-order valence-corrected chi connectivity index (χ0v) is 5.06. The second kappa shape index (κ2) is 3.07. The zero-order chi connectivity index (χ0) is 6.57. The van der Waals surface area contributed by atoms with E-state index < -0.39 is 0 Å². The Morgan fingerprint density at radius 2 is 2.25 bits per heavy atom. The molecule has 0 spiro atoms. The van der Waals surface area contributed by atoms with Gasteiger partial charge in [-0.1, -0.05) is 0 Å². The predicted octanol–water partition coefficient (Wildman–Crippen LogP) is -0.405. The molecule has 0 rings (SSSR count). The van der Waals surface area contributed by atoms with Crippen LogP contribution in [-0.2, 0) is 4.79 Å². The predicted molar refractivity (Wildman–Crippen MR) is 32.0 cm³/mol. The molecule has 0 heterocycles. The number of rotatable bonds is 1. The van der Waals surface area contributed by atoms with Crippen LogP contribution in [0.5, 0.6) is 0 Å². The summed E-state index contributed by atoms with van der Waals surface area (Å²) in [4.78, 5) is 10.4. The average Bonchev–Trinajstić information content (AvgIpc) is 1.65. The van der Waals surface area contributed by atoms with E-state index in [1.165, 1.54) is 6.08 Å². The van der Waals surface area contributed by atoms with Gasteiger partial charge < -0.3 is 11.1 Å². The van der Waals surface area contributed by atoms with Gasteiger partial charge in [0.25, 0.3) is 0 Å². The van der Waals surface area contributed by atoms with Crippen molar-refractivity contribution in [2.24, 2.45) is 5.73 Å². The SMILES string of the molecule is CNC(=O)/C=C(/C)N. The Kier molecular flexibility index (Phi) is 2.69. The molecule has 0 saturated heterocycles. The number of carbonyl (C=O) groups is 1. The number of hydrogen-bond donors (Lipinski definition) is 2. The maximum Gasteiger partial charge on any atom is 0.245 e. The molecule has 46 valence electrons. The summed E-state index contributed by atoms with van der Waals surface area (Å²) in [7, 11) is 1.56. The highest BCUT2D eigenvalue weighted by Crippen LogP contribution is 1.76. The lowest BCUT2D eigenvalue weighted by molar-refractivity contribution is -0.116. The molecule has 0 aliphatic carbocycles. The Labute approximate surface area is 48.6 Å². The number of carbonyl (C=O) groups excluding carboxylic acids is 1. The molecule has 1 amide bonds. The molecule has 0 fully saturated rings. The first-order valence-corrected chi connectivity index (χ1v) is 2.32. The Morgan fingerprint density at radius 3 is 2.38 bits per heavy atom. The fraction of sp³-hybridized carbons (Fsp3) is 0.400. The van der Waals surface area contributed by atoms with Crippen LogP contribution in [0.2, 0.25) is 0 Å². The van der Waals surface area contributed by atoms with Crippen LogP contribution in [0.15, 0.2) is 11.8 Å². The molecule has 0 bridgehead atoms. The second-order valence-corrected chi connectivity index (χ2v) is 1.50. The normalized spacial score (nSPS) is 11.0. The monoisotopic (exact) mass is 114 g/mol. The van der Waals surface area contributed by atoms with Gasteiger partial charge in [0.2, 0.25) is 5.91 Å². The fourth-order valence-electron chi connectivity index (χ4n) is 0.279. The van der Waals surface area contributed by atoms with Gasteiger partial charge in [-0.05, 0) is 6.92 Å². The summed E-state index contributed by atoms with van der Waals surface area (Å²) in [6, 6.07) is 0. The molecule has 0 atom stereocenters. The van der Waals surface area contributed by atoms with E-state index in [1.54, 1.807) is 14.0 Å². The molecule has 3 N–H and O–H groups in total. The third-order valence-electron chi connectivity index (χ3n) is 0.605. The highest BCUT2D eigenvalue weighted by atomic mass is 16.1. The average molecular weight is 114 g/mol. The summed E-state index contributed by atoms with van der Waals surface area (Å²) < 4.78 is 0. The topological polar surface area (TPSA) is 55.1 Å². The number of nitrogens with two attached hydrogens (primary N) is 1. The van der Waals surface area contributed by atoms with Crippen LogP contribution < -0.4 is 11.1 Å². The molecule has 3 nitrogen and oxygen atoms in total. The van der Waals surface area contributed by atoms with E-state index in [0.717, 1.165) is 0 Å². The van der Waals surface area contributed by atoms with Crippen LogP contribution in [-0.4, -0.2) is 13.0 Å². The van der Waals surface area contributed by atoms with E-state index in [2.05, 4.69) is 5.32 Å². The van der Waals surface area contributed by atoms with Crippen molar-refractivity contribution in [3.63, 3.8) is 0 Å². The molecule has 3 heteroatoms. The van der Waals surface area contributed by atoms with Gasteiger partial charge in [0.15, 0.2) is 0 Å². The first-order valence-electron chi connectivity index (χ1n) is 2.32. The lowest BCUT2D eigenvalue weighted by atomic mass is 10.4. The molecule has 0 aromatic carbocycles. The zero-order valence-electron chi connectivity index (χ0n) is 5.06. The molecule has 8 heavy (non-hydrogen) atoms. The van der Waals surface area contributed by atoms with Crippen molar-refractivity contribution < 1.29 is 4.79 Å². The van der Waals surface area contributed by atoms with Gasteiger partial charge in [-0.15, -0.1) is 0 Å². The first-order chi connectivity index (χ1) is 3.66. The van der Waals surface area contributed by atoms with E-state index in [4.69, 9.17) is 5.73 Å². The van der Waals surface area contributed by atoms with E-state index in [1.807, 2.05) is 0 Å². The van der Waals surface area contributed by atoms with Crippen LogP contribution in [0, 0.1) is 0 Å². The Hall–Kier alpha value is -0.990. The fourth-order valence-corrected chi connectivity index (χ4v) is 0.279. The molecule has 0 aliphatic heterocycles. The van der Waals surface area contributed by atoms with Gasteiger partial charge in [0.1, 0.15) is 0 Å². The van der Waals surface area contributed by atoms with Gasteiger partial charge in [0.05, 0.1) is 0 Å². The van der Waals surface area contributed by atoms with E-state index in [-0.39, 0.29) is 5.91 Å². The largest absolute Gasteiger partial charge is 0.402 e. The van der Waals surface area contributed by atoms with E-state index in [0.29, 0.717) is 5.70 Å². The van der Waals surface area contributed by atoms with Crippen LogP contribution in [0.25, 0.3) is 0 Å². The van der Waals surface area contributed by atoms with Gasteiger partial charge >= 0.3 is 0 Å². The third-order valence-corrected chi connectivity index (χ3v) is 0.605. The summed E-state index contributed by atoms with van der Waals surface area (Å²) in [5.41, 5.74) is 5.69. The summed E-state index contributed by atoms with van der Waals surface area (Å²) in [5.74, 6) is -0.162. The van der Waals surface area contributed by atoms with Crippen LogP contribution in [0.4, 0.5) is 0 Å². The Balaban J connectivity index is 3.70. The minimum absolute atomic E-state index is 0.162. The van der Waals surface area contributed by atoms with Crippen molar-refractivity contribution in [3.8, 4) is 0 Å². The number of amides is 1. The molecule has 0 aromatic rings. The molecular weight excluding hydrogens is 104 g/mol. The van der Waals surface area contributed by atoms with Crippen molar-refractivity contribution in [3.05, 3.63) is 11.8 Å². The van der Waals surface area contributed by atoms with Crippen molar-refractivity contribution in [2.45, 2.75) is 6.92 Å². The van der Waals surface area contributed by atoms with Crippen LogP contribution >= 0.6 is 0 Å². The minimum atomic E-state index is -0.162. The molecule has 0 radical (unpaired) electrons. The van der Waals surface area contributed by atoms with E-state index >= 15 is 0 Å². The highest BCUT2D eigenvalue weighted by molar-refractivity contribution is 5.87. The van der Waals surface area contributed by atoms with Crippen LogP contribution in [0.1, 0.15) is 6.92 Å². The smallest absolute Gasteiger partial charge is 0.245 e. The maximum atomic E-state index is 10.4. The van der Waals surface area contributed by atoms with Gasteiger partial charge in [-0.2, -0.15) is 0 Å². The summed E-state index contributed by atoms with van der Waals surface area (Å²) in [6.45, 7) is 1.66. The number of allylic oxidation sites excluding steroid dienone is 1. The number of hydrogen-bond acceptors (Lipinski definition) is 2. The van der Waals surface area contributed by atoms with Crippen molar-refractivity contribution >= 4 is 5.91 Å². The molecule has 0 saturated carbocycles. The third kappa shape index (κ3) is 3.21. The summed E-state index contributed by atoms with van der Waals surface area (Å²) in [6.07, 6.45) is 1.33. The Morgan fingerprint density at radius 1 is 1.75 bits per heavy atom.